The highest BCUT2D eigenvalue weighted by atomic mass is 16.5. The maximum Gasteiger partial charge on any atom is 0.329 e. The molecule has 0 radical (unpaired) electrons. The summed E-state index contributed by atoms with van der Waals surface area (Å²) in [4.78, 5) is 23.2. The van der Waals surface area contributed by atoms with Gasteiger partial charge in [-0.2, -0.15) is 0 Å². The molecule has 34 heavy (non-hydrogen) atoms. The number of anilines is 1. The van der Waals surface area contributed by atoms with Crippen molar-refractivity contribution in [2.24, 2.45) is 0 Å². The molecule has 0 aliphatic heterocycles. The van der Waals surface area contributed by atoms with E-state index in [2.05, 4.69) is 29.2 Å². The summed E-state index contributed by atoms with van der Waals surface area (Å²) in [6, 6.07) is 20.9. The summed E-state index contributed by atoms with van der Waals surface area (Å²) in [5.74, 6) is -0.0112. The fourth-order valence-electron chi connectivity index (χ4n) is 4.65. The monoisotopic (exact) mass is 459 g/mol. The quantitative estimate of drug-likeness (QED) is 0.364. The molecular weight excluding hydrogens is 426 g/mol. The highest BCUT2D eigenvalue weighted by Crippen LogP contribution is 2.33. The first kappa shape index (κ1) is 23.9. The van der Waals surface area contributed by atoms with Gasteiger partial charge in [-0.25, -0.2) is 9.78 Å². The van der Waals surface area contributed by atoms with Crippen LogP contribution >= 0.6 is 0 Å². The van der Waals surface area contributed by atoms with E-state index in [9.17, 15) is 4.79 Å². The topological polar surface area (TPSA) is 75.6 Å². The lowest BCUT2D eigenvalue weighted by atomic mass is 9.94. The molecule has 1 N–H and O–H groups in total. The Kier molecular flexibility index (Phi) is 8.63. The van der Waals surface area contributed by atoms with E-state index in [-0.39, 0.29) is 6.61 Å². The first-order chi connectivity index (χ1) is 16.7. The van der Waals surface area contributed by atoms with E-state index in [1.165, 1.54) is 19.3 Å². The van der Waals surface area contributed by atoms with Crippen molar-refractivity contribution in [1.82, 2.24) is 9.97 Å². The SMILES string of the molecule is O=C(O)COCCCCN(c1cnc(-c2ccccc2)c(-c2ccccc2)n1)C1CCCCC1. The number of unbranched alkanes of at least 4 members (excludes halogenated alkanes) is 1. The molecule has 1 aliphatic rings. The van der Waals surface area contributed by atoms with Crippen molar-refractivity contribution in [3.05, 3.63) is 66.9 Å². The predicted octanol–water partition coefficient (Wildman–Crippen LogP) is 5.83. The van der Waals surface area contributed by atoms with Crippen molar-refractivity contribution in [3.63, 3.8) is 0 Å². The molecule has 6 heteroatoms. The van der Waals surface area contributed by atoms with Gasteiger partial charge >= 0.3 is 5.97 Å². The number of carboxylic acid groups (broad SMARTS) is 1. The van der Waals surface area contributed by atoms with Crippen LogP contribution < -0.4 is 4.90 Å². The van der Waals surface area contributed by atoms with Gasteiger partial charge in [-0.05, 0) is 25.7 Å². The Labute approximate surface area is 201 Å². The third-order valence-corrected chi connectivity index (χ3v) is 6.33. The lowest BCUT2D eigenvalue weighted by molar-refractivity contribution is -0.142. The summed E-state index contributed by atoms with van der Waals surface area (Å²) < 4.78 is 5.22. The van der Waals surface area contributed by atoms with E-state index in [1.54, 1.807) is 0 Å². The number of aliphatic carboxylic acids is 1. The van der Waals surface area contributed by atoms with E-state index in [0.717, 1.165) is 60.6 Å². The van der Waals surface area contributed by atoms with E-state index < -0.39 is 5.97 Å². The van der Waals surface area contributed by atoms with E-state index in [0.29, 0.717) is 12.6 Å². The second-order valence-corrected chi connectivity index (χ2v) is 8.80. The molecule has 0 unspecified atom stereocenters. The van der Waals surface area contributed by atoms with Gasteiger partial charge < -0.3 is 14.7 Å². The molecule has 3 aromatic rings. The average Bonchev–Trinajstić information content (AvgIpc) is 2.89. The van der Waals surface area contributed by atoms with E-state index in [4.69, 9.17) is 19.8 Å². The third kappa shape index (κ3) is 6.41. The van der Waals surface area contributed by atoms with Crippen LogP contribution in [0.1, 0.15) is 44.9 Å². The van der Waals surface area contributed by atoms with Crippen LogP contribution in [0.15, 0.2) is 66.9 Å². The highest BCUT2D eigenvalue weighted by molar-refractivity contribution is 5.78. The number of carboxylic acids is 1. The summed E-state index contributed by atoms with van der Waals surface area (Å²) in [6.07, 6.45) is 9.76. The Bertz CT molecular complexity index is 1040. The molecule has 178 valence electrons. The van der Waals surface area contributed by atoms with E-state index >= 15 is 0 Å². The molecular formula is C28H33N3O3. The van der Waals surface area contributed by atoms with Crippen LogP contribution in [0.4, 0.5) is 5.82 Å². The fourth-order valence-corrected chi connectivity index (χ4v) is 4.65. The lowest BCUT2D eigenvalue weighted by Gasteiger charge is -2.35. The molecule has 1 aliphatic carbocycles. The maximum atomic E-state index is 10.7. The zero-order valence-corrected chi connectivity index (χ0v) is 19.6. The van der Waals surface area contributed by atoms with Crippen LogP contribution in [0.25, 0.3) is 22.5 Å². The molecule has 0 amide bonds. The summed E-state index contributed by atoms with van der Waals surface area (Å²) in [5.41, 5.74) is 3.90. The number of nitrogens with zero attached hydrogens (tertiary/aromatic N) is 3. The Hall–Kier alpha value is -3.25. The number of rotatable bonds is 11. The minimum Gasteiger partial charge on any atom is -0.480 e. The summed E-state index contributed by atoms with van der Waals surface area (Å²) in [5, 5.41) is 8.75. The van der Waals surface area contributed by atoms with Gasteiger partial charge in [0.05, 0.1) is 17.6 Å². The van der Waals surface area contributed by atoms with Gasteiger partial charge in [-0.3, -0.25) is 4.98 Å². The second kappa shape index (κ2) is 12.3. The number of aromatic nitrogens is 2. The van der Waals surface area contributed by atoms with Gasteiger partial charge in [0.1, 0.15) is 12.4 Å². The molecule has 1 fully saturated rings. The zero-order chi connectivity index (χ0) is 23.6. The van der Waals surface area contributed by atoms with Crippen molar-refractivity contribution in [2.75, 3.05) is 24.7 Å². The third-order valence-electron chi connectivity index (χ3n) is 6.33. The van der Waals surface area contributed by atoms with Crippen molar-refractivity contribution in [2.45, 2.75) is 51.0 Å². The fraction of sp³-hybridized carbons (Fsp3) is 0.393. The first-order valence-corrected chi connectivity index (χ1v) is 12.3. The van der Waals surface area contributed by atoms with Crippen molar-refractivity contribution in [3.8, 4) is 22.5 Å². The molecule has 1 heterocycles. The minimum atomic E-state index is -0.925. The van der Waals surface area contributed by atoms with Crippen LogP contribution in [-0.4, -0.2) is 46.8 Å². The molecule has 0 atom stereocenters. The van der Waals surface area contributed by atoms with Crippen LogP contribution in [0, 0.1) is 0 Å². The molecule has 4 rings (SSSR count). The van der Waals surface area contributed by atoms with Gasteiger partial charge in [0, 0.05) is 30.3 Å². The highest BCUT2D eigenvalue weighted by Gasteiger charge is 2.24. The smallest absolute Gasteiger partial charge is 0.329 e. The number of carbonyl (C=O) groups is 1. The molecule has 1 aromatic heterocycles. The van der Waals surface area contributed by atoms with Crippen molar-refractivity contribution >= 4 is 11.8 Å². The maximum absolute atomic E-state index is 10.7. The average molecular weight is 460 g/mol. The predicted molar refractivity (Wildman–Crippen MR) is 135 cm³/mol. The Morgan fingerprint density at radius 3 is 2.21 bits per heavy atom. The van der Waals surface area contributed by atoms with Crippen molar-refractivity contribution in [1.29, 1.82) is 0 Å². The van der Waals surface area contributed by atoms with Gasteiger partial charge in [0.15, 0.2) is 0 Å². The molecule has 0 bridgehead atoms. The van der Waals surface area contributed by atoms with E-state index in [1.807, 2.05) is 42.6 Å². The number of ether oxygens (including phenoxy) is 1. The normalized spacial score (nSPS) is 14.1. The summed E-state index contributed by atoms with van der Waals surface area (Å²) >= 11 is 0. The van der Waals surface area contributed by atoms with Crippen LogP contribution in [0.3, 0.4) is 0 Å². The first-order valence-electron chi connectivity index (χ1n) is 12.3. The van der Waals surface area contributed by atoms with Gasteiger partial charge in [0.25, 0.3) is 0 Å². The van der Waals surface area contributed by atoms with Crippen LogP contribution in [0.5, 0.6) is 0 Å². The second-order valence-electron chi connectivity index (χ2n) is 8.80. The van der Waals surface area contributed by atoms with Gasteiger partial charge in [-0.15, -0.1) is 0 Å². The Morgan fingerprint density at radius 2 is 1.56 bits per heavy atom. The molecule has 1 saturated carbocycles. The standard InChI is InChI=1S/C28H33N3O3/c32-26(33)21-34-19-11-10-18-31(24-16-8-3-9-17-24)25-20-29-27(22-12-4-1-5-13-22)28(30-25)23-14-6-2-7-15-23/h1-2,4-7,12-15,20,24H,3,8-11,16-19,21H2,(H,32,33). The van der Waals surface area contributed by atoms with Crippen molar-refractivity contribution < 1.29 is 14.6 Å². The Morgan fingerprint density at radius 1 is 0.912 bits per heavy atom. The Balaban J connectivity index is 1.60. The summed E-state index contributed by atoms with van der Waals surface area (Å²) in [6.45, 7) is 1.08. The van der Waals surface area contributed by atoms with Crippen LogP contribution in [0.2, 0.25) is 0 Å². The van der Waals surface area contributed by atoms with Gasteiger partial charge in [-0.1, -0.05) is 79.9 Å². The molecule has 0 saturated heterocycles. The molecule has 0 spiro atoms. The summed E-state index contributed by atoms with van der Waals surface area (Å²) in [7, 11) is 0. The molecule has 6 nitrogen and oxygen atoms in total. The number of hydrogen-bond acceptors (Lipinski definition) is 5. The minimum absolute atomic E-state index is 0.237. The number of benzene rings is 2. The lowest BCUT2D eigenvalue weighted by Crippen LogP contribution is -2.38. The zero-order valence-electron chi connectivity index (χ0n) is 19.6. The van der Waals surface area contributed by atoms with Crippen LogP contribution in [-0.2, 0) is 9.53 Å². The largest absolute Gasteiger partial charge is 0.480 e. The molecule has 2 aromatic carbocycles. The van der Waals surface area contributed by atoms with Gasteiger partial charge in [0.2, 0.25) is 0 Å². The number of hydrogen-bond donors (Lipinski definition) is 1.